The van der Waals surface area contributed by atoms with E-state index in [4.69, 9.17) is 15.9 Å². The Morgan fingerprint density at radius 1 is 1.47 bits per heavy atom. The van der Waals surface area contributed by atoms with Crippen molar-refractivity contribution in [2.75, 3.05) is 24.3 Å². The summed E-state index contributed by atoms with van der Waals surface area (Å²) < 4.78 is 0. The van der Waals surface area contributed by atoms with Crippen molar-refractivity contribution in [2.24, 2.45) is 0 Å². The summed E-state index contributed by atoms with van der Waals surface area (Å²) >= 11 is 0. The van der Waals surface area contributed by atoms with Gasteiger partial charge in [-0.2, -0.15) is 0 Å². The van der Waals surface area contributed by atoms with Crippen LogP contribution >= 0.6 is 0 Å². The third kappa shape index (κ3) is 3.58. The minimum atomic E-state index is -0.569. The maximum absolute atomic E-state index is 10.7. The predicted molar refractivity (Wildman–Crippen MR) is 63.7 cm³/mol. The number of benzene rings is 1. The van der Waals surface area contributed by atoms with Gasteiger partial charge in [-0.15, -0.1) is 0 Å². The lowest BCUT2D eigenvalue weighted by Crippen LogP contribution is -2.24. The molecule has 0 aliphatic rings. The van der Waals surface area contributed by atoms with Crippen molar-refractivity contribution in [1.29, 1.82) is 0 Å². The number of aliphatic hydroxyl groups is 2. The largest absolute Gasteiger partial charge is 0.396 e. The molecule has 7 nitrogen and oxygen atoms in total. The van der Waals surface area contributed by atoms with Crippen LogP contribution in [0.3, 0.4) is 0 Å². The summed E-state index contributed by atoms with van der Waals surface area (Å²) in [4.78, 5) is 10.1. The predicted octanol–water partition coefficient (Wildman–Crippen LogP) is 0.332. The maximum Gasteiger partial charge on any atom is 0.294 e. The molecule has 0 amide bonds. The van der Waals surface area contributed by atoms with Gasteiger partial charge in [0.15, 0.2) is 0 Å². The van der Waals surface area contributed by atoms with E-state index < -0.39 is 4.92 Å². The van der Waals surface area contributed by atoms with Crippen molar-refractivity contribution >= 4 is 17.1 Å². The lowest BCUT2D eigenvalue weighted by molar-refractivity contribution is -0.383. The zero-order valence-electron chi connectivity index (χ0n) is 9.17. The van der Waals surface area contributed by atoms with E-state index in [9.17, 15) is 10.1 Å². The van der Waals surface area contributed by atoms with Crippen LogP contribution in [0.1, 0.15) is 6.42 Å². The molecule has 7 heteroatoms. The number of hydrogen-bond donors (Lipinski definition) is 4. The molecule has 0 aliphatic heterocycles. The Morgan fingerprint density at radius 2 is 2.18 bits per heavy atom. The molecular weight excluding hydrogens is 226 g/mol. The molecule has 0 fully saturated rings. The van der Waals surface area contributed by atoms with Crippen LogP contribution in [0, 0.1) is 10.1 Å². The number of anilines is 2. The molecule has 0 bridgehead atoms. The number of nitrogens with one attached hydrogen (secondary N) is 1. The molecule has 1 unspecified atom stereocenters. The second-order valence-corrected chi connectivity index (χ2v) is 3.57. The summed E-state index contributed by atoms with van der Waals surface area (Å²) in [6, 6.07) is 3.97. The summed E-state index contributed by atoms with van der Waals surface area (Å²) in [5, 5.41) is 31.3. The number of hydrogen-bond acceptors (Lipinski definition) is 6. The van der Waals surface area contributed by atoms with Gasteiger partial charge in [0.2, 0.25) is 0 Å². The van der Waals surface area contributed by atoms with Crippen LogP contribution in [0.15, 0.2) is 18.2 Å². The zero-order valence-corrected chi connectivity index (χ0v) is 9.17. The fourth-order valence-electron chi connectivity index (χ4n) is 1.39. The molecular formula is C10H15N3O4. The average Bonchev–Trinajstić information content (AvgIpc) is 2.30. The average molecular weight is 241 g/mol. The van der Waals surface area contributed by atoms with Gasteiger partial charge in [0.05, 0.1) is 17.6 Å². The molecule has 0 radical (unpaired) electrons. The van der Waals surface area contributed by atoms with E-state index in [0.717, 1.165) is 0 Å². The van der Waals surface area contributed by atoms with Gasteiger partial charge >= 0.3 is 0 Å². The van der Waals surface area contributed by atoms with E-state index >= 15 is 0 Å². The quantitative estimate of drug-likeness (QED) is 0.323. The third-order valence-electron chi connectivity index (χ3n) is 2.30. The van der Waals surface area contributed by atoms with Crippen molar-refractivity contribution in [3.05, 3.63) is 28.3 Å². The van der Waals surface area contributed by atoms with E-state index in [1.165, 1.54) is 12.1 Å². The monoisotopic (exact) mass is 241 g/mol. The summed E-state index contributed by atoms with van der Waals surface area (Å²) in [5.74, 6) is 0. The molecule has 0 spiro atoms. The highest BCUT2D eigenvalue weighted by molar-refractivity contribution is 5.65. The third-order valence-corrected chi connectivity index (χ3v) is 2.30. The molecule has 0 aromatic heterocycles. The zero-order chi connectivity index (χ0) is 12.8. The Hall–Kier alpha value is -1.86. The summed E-state index contributed by atoms with van der Waals surface area (Å²) in [5.41, 5.74) is 5.84. The minimum absolute atomic E-state index is 0.0741. The Kier molecular flexibility index (Phi) is 4.68. The van der Waals surface area contributed by atoms with Crippen molar-refractivity contribution < 1.29 is 15.1 Å². The highest BCUT2D eigenvalue weighted by atomic mass is 16.6. The molecule has 1 rings (SSSR count). The Bertz CT molecular complexity index is 397. The molecule has 1 aromatic rings. The molecule has 0 aliphatic carbocycles. The summed E-state index contributed by atoms with van der Waals surface area (Å²) in [6.07, 6.45) is 0.356. The van der Waals surface area contributed by atoms with Crippen LogP contribution in [0.4, 0.5) is 17.1 Å². The van der Waals surface area contributed by atoms with Crippen LogP contribution < -0.4 is 11.1 Å². The number of nitro groups is 1. The van der Waals surface area contributed by atoms with Gasteiger partial charge in [0, 0.05) is 18.4 Å². The van der Waals surface area contributed by atoms with E-state index in [1.54, 1.807) is 6.07 Å². The number of aliphatic hydroxyl groups excluding tert-OH is 2. The molecule has 1 atom stereocenters. The fourth-order valence-corrected chi connectivity index (χ4v) is 1.39. The summed E-state index contributed by atoms with van der Waals surface area (Å²) in [7, 11) is 0. The van der Waals surface area contributed by atoms with Crippen molar-refractivity contribution in [3.8, 4) is 0 Å². The highest BCUT2D eigenvalue weighted by Gasteiger charge is 2.13. The Morgan fingerprint density at radius 3 is 2.71 bits per heavy atom. The molecule has 0 heterocycles. The number of rotatable bonds is 6. The second-order valence-electron chi connectivity index (χ2n) is 3.57. The highest BCUT2D eigenvalue weighted by Crippen LogP contribution is 2.25. The van der Waals surface area contributed by atoms with Gasteiger partial charge in [-0.3, -0.25) is 10.1 Å². The number of nitrogens with two attached hydrogens (primary N) is 1. The molecule has 94 valence electrons. The lowest BCUT2D eigenvalue weighted by atomic mass is 10.2. The molecule has 5 N–H and O–H groups in total. The van der Waals surface area contributed by atoms with Gasteiger partial charge < -0.3 is 21.3 Å². The molecule has 0 saturated heterocycles. The number of nitrogens with zero attached hydrogens (tertiary/aromatic N) is 1. The van der Waals surface area contributed by atoms with Crippen molar-refractivity contribution in [2.45, 2.75) is 12.5 Å². The second kappa shape index (κ2) is 6.02. The van der Waals surface area contributed by atoms with Gasteiger partial charge in [-0.05, 0) is 18.6 Å². The molecule has 0 saturated carbocycles. The van der Waals surface area contributed by atoms with Crippen molar-refractivity contribution in [1.82, 2.24) is 0 Å². The van der Waals surface area contributed by atoms with Crippen molar-refractivity contribution in [3.63, 3.8) is 0 Å². The van der Waals surface area contributed by atoms with Crippen LogP contribution in [-0.2, 0) is 0 Å². The van der Waals surface area contributed by atoms with Gasteiger partial charge in [0.1, 0.15) is 5.69 Å². The maximum atomic E-state index is 10.7. The van der Waals surface area contributed by atoms with Crippen LogP contribution in [0.25, 0.3) is 0 Å². The lowest BCUT2D eigenvalue weighted by Gasteiger charge is -2.16. The molecule has 1 aromatic carbocycles. The standard InChI is InChI=1S/C10H15N3O4/c11-9-2-1-7(5-10(9)13(16)17)12-8(6-15)3-4-14/h1-2,5,8,12,14-15H,3-4,6,11H2. The normalized spacial score (nSPS) is 12.1. The van der Waals surface area contributed by atoms with Gasteiger partial charge in [-0.1, -0.05) is 0 Å². The van der Waals surface area contributed by atoms with Crippen LogP contribution in [0.2, 0.25) is 0 Å². The van der Waals surface area contributed by atoms with Crippen LogP contribution in [0.5, 0.6) is 0 Å². The molecule has 17 heavy (non-hydrogen) atoms. The topological polar surface area (TPSA) is 122 Å². The fraction of sp³-hybridized carbons (Fsp3) is 0.400. The van der Waals surface area contributed by atoms with E-state index in [1.807, 2.05) is 0 Å². The Balaban J connectivity index is 2.84. The van der Waals surface area contributed by atoms with E-state index in [0.29, 0.717) is 12.1 Å². The summed E-state index contributed by atoms with van der Waals surface area (Å²) in [6.45, 7) is -0.242. The van der Waals surface area contributed by atoms with E-state index in [2.05, 4.69) is 5.32 Å². The first kappa shape index (κ1) is 13.2. The first-order valence-electron chi connectivity index (χ1n) is 5.10. The smallest absolute Gasteiger partial charge is 0.294 e. The van der Waals surface area contributed by atoms with Crippen LogP contribution in [-0.4, -0.2) is 34.4 Å². The number of nitro benzene ring substituents is 1. The first-order valence-corrected chi connectivity index (χ1v) is 5.10. The Labute approximate surface area is 98.0 Å². The van der Waals surface area contributed by atoms with Gasteiger partial charge in [0.25, 0.3) is 5.69 Å². The SMILES string of the molecule is Nc1ccc(NC(CO)CCO)cc1[N+](=O)[O-]. The first-order chi connectivity index (χ1) is 8.08. The number of nitrogen functional groups attached to an aromatic ring is 1. The van der Waals surface area contributed by atoms with E-state index in [-0.39, 0.29) is 30.6 Å². The minimum Gasteiger partial charge on any atom is -0.396 e. The van der Waals surface area contributed by atoms with Gasteiger partial charge in [-0.25, -0.2) is 0 Å².